The SMILES string of the molecule is CCCOc1cccc2c1-c1c(OCCCN3CCOCC3)cccc1C2C=O. The van der Waals surface area contributed by atoms with Crippen LogP contribution in [0.2, 0.25) is 0 Å². The van der Waals surface area contributed by atoms with Crippen LogP contribution in [0.25, 0.3) is 11.1 Å². The van der Waals surface area contributed by atoms with E-state index in [0.717, 1.165) is 85.7 Å². The van der Waals surface area contributed by atoms with Crippen molar-refractivity contribution >= 4 is 6.29 Å². The van der Waals surface area contributed by atoms with Gasteiger partial charge in [-0.25, -0.2) is 0 Å². The molecular weight excluding hydrogens is 366 g/mol. The summed E-state index contributed by atoms with van der Waals surface area (Å²) in [4.78, 5) is 14.3. The molecule has 2 aromatic carbocycles. The molecule has 0 N–H and O–H groups in total. The smallest absolute Gasteiger partial charge is 0.131 e. The number of fused-ring (bicyclic) bond motifs is 3. The maximum atomic E-state index is 11.9. The topological polar surface area (TPSA) is 48.0 Å². The molecule has 0 bridgehead atoms. The summed E-state index contributed by atoms with van der Waals surface area (Å²) in [6.07, 6.45) is 2.92. The molecule has 5 heteroatoms. The summed E-state index contributed by atoms with van der Waals surface area (Å²) in [6, 6.07) is 12.0. The molecule has 2 aliphatic rings. The highest BCUT2D eigenvalue weighted by Gasteiger charge is 2.33. The van der Waals surface area contributed by atoms with Crippen molar-refractivity contribution in [3.63, 3.8) is 0 Å². The molecule has 0 amide bonds. The fourth-order valence-corrected chi connectivity index (χ4v) is 4.21. The van der Waals surface area contributed by atoms with E-state index in [4.69, 9.17) is 14.2 Å². The molecule has 1 aliphatic heterocycles. The van der Waals surface area contributed by atoms with Crippen LogP contribution in [0, 0.1) is 0 Å². The zero-order chi connectivity index (χ0) is 20.1. The molecule has 0 spiro atoms. The van der Waals surface area contributed by atoms with Crippen LogP contribution in [0.1, 0.15) is 36.8 Å². The first-order valence-electron chi connectivity index (χ1n) is 10.6. The van der Waals surface area contributed by atoms with Crippen LogP contribution in [-0.4, -0.2) is 57.2 Å². The van der Waals surface area contributed by atoms with E-state index in [9.17, 15) is 4.79 Å². The Hall–Kier alpha value is -2.37. The summed E-state index contributed by atoms with van der Waals surface area (Å²) in [5.74, 6) is 1.41. The molecule has 0 aromatic heterocycles. The van der Waals surface area contributed by atoms with Crippen molar-refractivity contribution in [3.05, 3.63) is 47.5 Å². The van der Waals surface area contributed by atoms with Gasteiger partial charge in [-0.2, -0.15) is 0 Å². The Bertz CT molecular complexity index is 845. The third kappa shape index (κ3) is 4.16. The number of benzene rings is 2. The Morgan fingerprint density at radius 2 is 1.62 bits per heavy atom. The monoisotopic (exact) mass is 395 g/mol. The van der Waals surface area contributed by atoms with Gasteiger partial charge in [-0.3, -0.25) is 4.90 Å². The van der Waals surface area contributed by atoms with Gasteiger partial charge in [0.05, 0.1) is 32.3 Å². The number of carbonyl (C=O) groups excluding carboxylic acids is 1. The minimum atomic E-state index is -0.262. The zero-order valence-electron chi connectivity index (χ0n) is 17.1. The van der Waals surface area contributed by atoms with Crippen molar-refractivity contribution in [2.45, 2.75) is 25.7 Å². The summed E-state index contributed by atoms with van der Waals surface area (Å²) < 4.78 is 17.6. The first-order valence-corrected chi connectivity index (χ1v) is 10.6. The largest absolute Gasteiger partial charge is 0.493 e. The number of nitrogens with zero attached hydrogens (tertiary/aromatic N) is 1. The number of morpholine rings is 1. The Labute approximate surface area is 172 Å². The van der Waals surface area contributed by atoms with E-state index < -0.39 is 0 Å². The predicted molar refractivity (Wildman–Crippen MR) is 113 cm³/mol. The highest BCUT2D eigenvalue weighted by molar-refractivity contribution is 5.93. The van der Waals surface area contributed by atoms with Gasteiger partial charge in [0.2, 0.25) is 0 Å². The summed E-state index contributed by atoms with van der Waals surface area (Å²) in [5.41, 5.74) is 4.04. The number of ether oxygens (including phenoxy) is 3. The molecular formula is C24H29NO4. The quantitative estimate of drug-likeness (QED) is 0.476. The lowest BCUT2D eigenvalue weighted by molar-refractivity contribution is -0.108. The second kappa shape index (κ2) is 9.42. The van der Waals surface area contributed by atoms with Crippen LogP contribution < -0.4 is 9.47 Å². The van der Waals surface area contributed by atoms with E-state index in [0.29, 0.717) is 13.2 Å². The first kappa shape index (κ1) is 19.9. The fraction of sp³-hybridized carbons (Fsp3) is 0.458. The molecule has 1 saturated heterocycles. The first-order chi connectivity index (χ1) is 14.3. The predicted octanol–water partition coefficient (Wildman–Crippen LogP) is 3.89. The van der Waals surface area contributed by atoms with Gasteiger partial charge >= 0.3 is 0 Å². The fourth-order valence-electron chi connectivity index (χ4n) is 4.21. The molecule has 0 radical (unpaired) electrons. The lowest BCUT2D eigenvalue weighted by Gasteiger charge is -2.26. The molecule has 1 aliphatic carbocycles. The molecule has 1 heterocycles. The molecule has 1 atom stereocenters. The van der Waals surface area contributed by atoms with Crippen LogP contribution in [0.15, 0.2) is 36.4 Å². The molecule has 1 unspecified atom stereocenters. The molecule has 1 fully saturated rings. The van der Waals surface area contributed by atoms with Crippen molar-refractivity contribution in [2.75, 3.05) is 46.1 Å². The van der Waals surface area contributed by atoms with Crippen molar-refractivity contribution in [1.82, 2.24) is 4.90 Å². The average molecular weight is 395 g/mol. The minimum absolute atomic E-state index is 0.262. The molecule has 4 rings (SSSR count). The average Bonchev–Trinajstić information content (AvgIpc) is 3.11. The van der Waals surface area contributed by atoms with Gasteiger partial charge in [-0.05, 0) is 36.1 Å². The molecule has 0 saturated carbocycles. The van der Waals surface area contributed by atoms with E-state index in [2.05, 4.69) is 11.8 Å². The van der Waals surface area contributed by atoms with Gasteiger partial charge in [-0.15, -0.1) is 0 Å². The van der Waals surface area contributed by atoms with Gasteiger partial charge in [0.1, 0.15) is 17.8 Å². The summed E-state index contributed by atoms with van der Waals surface area (Å²) in [5, 5.41) is 0. The van der Waals surface area contributed by atoms with Crippen LogP contribution in [0.5, 0.6) is 11.5 Å². The van der Waals surface area contributed by atoms with Crippen LogP contribution in [0.4, 0.5) is 0 Å². The van der Waals surface area contributed by atoms with Gasteiger partial charge in [0.25, 0.3) is 0 Å². The number of hydrogen-bond acceptors (Lipinski definition) is 5. The number of carbonyl (C=O) groups is 1. The normalized spacial score (nSPS) is 18.2. The maximum Gasteiger partial charge on any atom is 0.131 e. The van der Waals surface area contributed by atoms with Crippen molar-refractivity contribution in [1.29, 1.82) is 0 Å². The van der Waals surface area contributed by atoms with E-state index in [1.807, 2.05) is 36.4 Å². The minimum Gasteiger partial charge on any atom is -0.493 e. The second-order valence-electron chi connectivity index (χ2n) is 7.56. The number of aldehydes is 1. The van der Waals surface area contributed by atoms with Crippen molar-refractivity contribution < 1.29 is 19.0 Å². The Morgan fingerprint density at radius 1 is 1.00 bits per heavy atom. The number of hydrogen-bond donors (Lipinski definition) is 0. The van der Waals surface area contributed by atoms with Gasteiger partial charge in [0, 0.05) is 30.8 Å². The number of rotatable bonds is 9. The Kier molecular flexibility index (Phi) is 6.47. The maximum absolute atomic E-state index is 11.9. The van der Waals surface area contributed by atoms with Crippen LogP contribution >= 0.6 is 0 Å². The second-order valence-corrected chi connectivity index (χ2v) is 7.56. The van der Waals surface area contributed by atoms with E-state index in [-0.39, 0.29) is 5.92 Å². The summed E-state index contributed by atoms with van der Waals surface area (Å²) in [6.45, 7) is 8.02. The third-order valence-electron chi connectivity index (χ3n) is 5.61. The van der Waals surface area contributed by atoms with Crippen molar-refractivity contribution in [3.8, 4) is 22.6 Å². The molecule has 2 aromatic rings. The van der Waals surface area contributed by atoms with Crippen molar-refractivity contribution in [2.24, 2.45) is 0 Å². The van der Waals surface area contributed by atoms with Gasteiger partial charge in [0.15, 0.2) is 0 Å². The van der Waals surface area contributed by atoms with E-state index >= 15 is 0 Å². The van der Waals surface area contributed by atoms with Gasteiger partial charge in [-0.1, -0.05) is 31.2 Å². The standard InChI is InChI=1S/C24H29NO4/c1-2-13-28-21-8-3-6-18-20(17-26)19-7-4-9-22(24(19)23(18)21)29-14-5-10-25-11-15-27-16-12-25/h3-4,6-9,17,20H,2,5,10-16H2,1H3. The van der Waals surface area contributed by atoms with E-state index in [1.54, 1.807) is 0 Å². The molecule has 29 heavy (non-hydrogen) atoms. The molecule has 154 valence electrons. The highest BCUT2D eigenvalue weighted by atomic mass is 16.5. The highest BCUT2D eigenvalue weighted by Crippen LogP contribution is 2.52. The zero-order valence-corrected chi connectivity index (χ0v) is 17.1. The summed E-state index contributed by atoms with van der Waals surface area (Å²) >= 11 is 0. The van der Waals surface area contributed by atoms with Crippen LogP contribution in [-0.2, 0) is 9.53 Å². The summed E-state index contributed by atoms with van der Waals surface area (Å²) in [7, 11) is 0. The van der Waals surface area contributed by atoms with Crippen LogP contribution in [0.3, 0.4) is 0 Å². The third-order valence-corrected chi connectivity index (χ3v) is 5.61. The van der Waals surface area contributed by atoms with E-state index in [1.165, 1.54) is 0 Å². The lowest BCUT2D eigenvalue weighted by Crippen LogP contribution is -2.37. The molecule has 5 nitrogen and oxygen atoms in total. The Balaban J connectivity index is 1.55. The Morgan fingerprint density at radius 3 is 2.21 bits per heavy atom. The van der Waals surface area contributed by atoms with Gasteiger partial charge < -0.3 is 19.0 Å². The lowest BCUT2D eigenvalue weighted by atomic mass is 9.99.